The molecule has 1 unspecified atom stereocenters. The van der Waals surface area contributed by atoms with Crippen LogP contribution in [0.4, 0.5) is 5.69 Å². The Balaban J connectivity index is 1.86. The van der Waals surface area contributed by atoms with Gasteiger partial charge < -0.3 is 10.2 Å². The Kier molecular flexibility index (Phi) is 5.17. The molecule has 2 rings (SSSR count). The molecule has 2 N–H and O–H groups in total. The van der Waals surface area contributed by atoms with E-state index in [0.29, 0.717) is 0 Å². The molecular formula is C14H24N6. The van der Waals surface area contributed by atoms with Crippen molar-refractivity contribution in [2.24, 2.45) is 0 Å². The molecule has 20 heavy (non-hydrogen) atoms. The Labute approximate surface area is 120 Å². The maximum absolute atomic E-state index is 4.39. The van der Waals surface area contributed by atoms with Crippen molar-refractivity contribution in [3.05, 3.63) is 30.4 Å². The summed E-state index contributed by atoms with van der Waals surface area (Å²) in [5, 5.41) is 14.7. The second-order valence-electron chi connectivity index (χ2n) is 4.90. The summed E-state index contributed by atoms with van der Waals surface area (Å²) in [6, 6.07) is 2.17. The van der Waals surface area contributed by atoms with Crippen LogP contribution < -0.4 is 5.32 Å². The molecule has 2 aromatic rings. The molecule has 6 heteroatoms. The first-order valence-electron chi connectivity index (χ1n) is 7.23. The molecule has 2 aromatic heterocycles. The van der Waals surface area contributed by atoms with Gasteiger partial charge in [-0.1, -0.05) is 13.8 Å². The number of hydrogen-bond acceptors (Lipinski definition) is 4. The highest BCUT2D eigenvalue weighted by Gasteiger charge is 2.08. The standard InChI is InChI=1S/C14H24N6/c1-4-19(5-2)8-9-20-11-13(10-16-20)17-12(3)14-6-7-15-18-14/h6-7,10-12,17H,4-5,8-9H2,1-3H3,(H,15,18). The lowest BCUT2D eigenvalue weighted by Crippen LogP contribution is -2.27. The van der Waals surface area contributed by atoms with E-state index in [-0.39, 0.29) is 6.04 Å². The van der Waals surface area contributed by atoms with E-state index in [1.165, 1.54) is 0 Å². The van der Waals surface area contributed by atoms with Crippen LogP contribution in [0.25, 0.3) is 0 Å². The smallest absolute Gasteiger partial charge is 0.0731 e. The number of rotatable bonds is 8. The second kappa shape index (κ2) is 7.09. The van der Waals surface area contributed by atoms with Crippen LogP contribution in [-0.2, 0) is 6.54 Å². The van der Waals surface area contributed by atoms with E-state index in [4.69, 9.17) is 0 Å². The molecule has 0 saturated heterocycles. The fourth-order valence-electron chi connectivity index (χ4n) is 2.18. The SMILES string of the molecule is CCN(CC)CCn1cc(NC(C)c2ccn[nH]2)cn1. The Hall–Kier alpha value is -1.82. The summed E-state index contributed by atoms with van der Waals surface area (Å²) in [5.41, 5.74) is 2.10. The van der Waals surface area contributed by atoms with E-state index in [1.807, 2.05) is 16.9 Å². The second-order valence-corrected chi connectivity index (χ2v) is 4.90. The number of H-pyrrole nitrogens is 1. The minimum absolute atomic E-state index is 0.193. The maximum Gasteiger partial charge on any atom is 0.0731 e. The first-order chi connectivity index (χ1) is 9.72. The van der Waals surface area contributed by atoms with Crippen LogP contribution in [0.5, 0.6) is 0 Å². The zero-order valence-corrected chi connectivity index (χ0v) is 12.5. The minimum Gasteiger partial charge on any atom is -0.374 e. The van der Waals surface area contributed by atoms with Crippen molar-refractivity contribution in [3.63, 3.8) is 0 Å². The van der Waals surface area contributed by atoms with E-state index in [9.17, 15) is 0 Å². The number of likely N-dealkylation sites (N-methyl/N-ethyl adjacent to an activating group) is 1. The molecule has 0 aliphatic carbocycles. The lowest BCUT2D eigenvalue weighted by atomic mass is 10.2. The van der Waals surface area contributed by atoms with Crippen LogP contribution in [0.3, 0.4) is 0 Å². The van der Waals surface area contributed by atoms with Gasteiger partial charge in [-0.15, -0.1) is 0 Å². The molecule has 2 heterocycles. The summed E-state index contributed by atoms with van der Waals surface area (Å²) in [6.45, 7) is 10.6. The highest BCUT2D eigenvalue weighted by atomic mass is 15.3. The van der Waals surface area contributed by atoms with Crippen molar-refractivity contribution in [3.8, 4) is 0 Å². The molecule has 0 aromatic carbocycles. The third-order valence-electron chi connectivity index (χ3n) is 3.54. The van der Waals surface area contributed by atoms with E-state index in [2.05, 4.69) is 52.5 Å². The molecule has 110 valence electrons. The van der Waals surface area contributed by atoms with Gasteiger partial charge in [0.1, 0.15) is 0 Å². The predicted molar refractivity (Wildman–Crippen MR) is 80.6 cm³/mol. The molecule has 0 saturated carbocycles. The summed E-state index contributed by atoms with van der Waals surface area (Å²) in [4.78, 5) is 2.39. The average Bonchev–Trinajstić information content (AvgIpc) is 3.11. The zero-order chi connectivity index (χ0) is 14.4. The summed E-state index contributed by atoms with van der Waals surface area (Å²) < 4.78 is 1.99. The molecule has 0 fully saturated rings. The monoisotopic (exact) mass is 276 g/mol. The Bertz CT molecular complexity index is 485. The van der Waals surface area contributed by atoms with Crippen LogP contribution >= 0.6 is 0 Å². The van der Waals surface area contributed by atoms with Gasteiger partial charge in [-0.2, -0.15) is 10.2 Å². The summed E-state index contributed by atoms with van der Waals surface area (Å²) in [7, 11) is 0. The van der Waals surface area contributed by atoms with Crippen LogP contribution in [0.15, 0.2) is 24.7 Å². The lowest BCUT2D eigenvalue weighted by molar-refractivity contribution is 0.285. The largest absolute Gasteiger partial charge is 0.374 e. The van der Waals surface area contributed by atoms with Crippen LogP contribution in [-0.4, -0.2) is 44.5 Å². The van der Waals surface area contributed by atoms with Crippen molar-refractivity contribution >= 4 is 5.69 Å². The van der Waals surface area contributed by atoms with Gasteiger partial charge >= 0.3 is 0 Å². The van der Waals surface area contributed by atoms with Crippen LogP contribution in [0.2, 0.25) is 0 Å². The first-order valence-corrected chi connectivity index (χ1v) is 7.23. The van der Waals surface area contributed by atoms with E-state index in [1.54, 1.807) is 6.20 Å². The van der Waals surface area contributed by atoms with Gasteiger partial charge in [0.05, 0.1) is 30.2 Å². The van der Waals surface area contributed by atoms with Gasteiger partial charge in [-0.25, -0.2) is 0 Å². The van der Waals surface area contributed by atoms with Crippen molar-refractivity contribution in [1.82, 2.24) is 24.9 Å². The quantitative estimate of drug-likeness (QED) is 0.775. The summed E-state index contributed by atoms with van der Waals surface area (Å²) >= 11 is 0. The predicted octanol–water partition coefficient (Wildman–Crippen LogP) is 2.12. The molecule has 0 aliphatic heterocycles. The summed E-state index contributed by atoms with van der Waals surface area (Å²) in [6.07, 6.45) is 5.69. The first kappa shape index (κ1) is 14.6. The van der Waals surface area contributed by atoms with Crippen LogP contribution in [0.1, 0.15) is 32.5 Å². The van der Waals surface area contributed by atoms with Crippen LogP contribution in [0, 0.1) is 0 Å². The van der Waals surface area contributed by atoms with Gasteiger partial charge in [0.15, 0.2) is 0 Å². The van der Waals surface area contributed by atoms with Crippen molar-refractivity contribution < 1.29 is 0 Å². The number of hydrogen-bond donors (Lipinski definition) is 2. The molecular weight excluding hydrogens is 252 g/mol. The number of aromatic nitrogens is 4. The highest BCUT2D eigenvalue weighted by Crippen LogP contribution is 2.16. The highest BCUT2D eigenvalue weighted by molar-refractivity contribution is 5.40. The molecule has 0 amide bonds. The van der Waals surface area contributed by atoms with E-state index < -0.39 is 0 Å². The molecule has 0 spiro atoms. The van der Waals surface area contributed by atoms with Crippen molar-refractivity contribution in [2.75, 3.05) is 25.0 Å². The van der Waals surface area contributed by atoms with Gasteiger partial charge in [-0.3, -0.25) is 9.78 Å². The molecule has 6 nitrogen and oxygen atoms in total. The lowest BCUT2D eigenvalue weighted by Gasteiger charge is -2.17. The Morgan fingerprint density at radius 1 is 1.40 bits per heavy atom. The van der Waals surface area contributed by atoms with Gasteiger partial charge in [-0.05, 0) is 26.1 Å². The van der Waals surface area contributed by atoms with Gasteiger partial charge in [0, 0.05) is 18.9 Å². The fourth-order valence-corrected chi connectivity index (χ4v) is 2.18. The third-order valence-corrected chi connectivity index (χ3v) is 3.54. The summed E-state index contributed by atoms with van der Waals surface area (Å²) in [5.74, 6) is 0. The number of nitrogens with zero attached hydrogens (tertiary/aromatic N) is 4. The third kappa shape index (κ3) is 3.84. The maximum atomic E-state index is 4.39. The number of nitrogens with one attached hydrogen (secondary N) is 2. The molecule has 0 bridgehead atoms. The Morgan fingerprint density at radius 3 is 2.85 bits per heavy atom. The van der Waals surface area contributed by atoms with Crippen molar-refractivity contribution in [1.29, 1.82) is 0 Å². The van der Waals surface area contributed by atoms with Crippen molar-refractivity contribution in [2.45, 2.75) is 33.4 Å². The molecule has 1 atom stereocenters. The van der Waals surface area contributed by atoms with E-state index in [0.717, 1.165) is 37.6 Å². The van der Waals surface area contributed by atoms with E-state index >= 15 is 0 Å². The topological polar surface area (TPSA) is 61.8 Å². The Morgan fingerprint density at radius 2 is 2.20 bits per heavy atom. The fraction of sp³-hybridized carbons (Fsp3) is 0.571. The van der Waals surface area contributed by atoms with Gasteiger partial charge in [0.2, 0.25) is 0 Å². The zero-order valence-electron chi connectivity index (χ0n) is 12.5. The molecule has 0 aliphatic rings. The molecule has 0 radical (unpaired) electrons. The average molecular weight is 276 g/mol. The van der Waals surface area contributed by atoms with Gasteiger partial charge in [0.25, 0.3) is 0 Å². The normalized spacial score (nSPS) is 12.8. The number of aromatic amines is 1. The number of anilines is 1. The minimum atomic E-state index is 0.193.